The van der Waals surface area contributed by atoms with E-state index in [1.807, 2.05) is 24.3 Å². The Kier molecular flexibility index (Phi) is 1.93. The first kappa shape index (κ1) is 8.45. The van der Waals surface area contributed by atoms with Gasteiger partial charge in [-0.05, 0) is 18.4 Å². The second-order valence-corrected chi connectivity index (χ2v) is 3.44. The maximum absolute atomic E-state index is 10.4. The molecule has 0 N–H and O–H groups in total. The van der Waals surface area contributed by atoms with E-state index in [4.69, 9.17) is 4.74 Å². The van der Waals surface area contributed by atoms with Crippen molar-refractivity contribution in [3.8, 4) is 0 Å². The lowest BCUT2D eigenvalue weighted by Gasteiger charge is -2.13. The quantitative estimate of drug-likeness (QED) is 0.659. The Bertz CT molecular complexity index is 309. The summed E-state index contributed by atoms with van der Waals surface area (Å²) in [6.07, 6.45) is 3.03. The number of carbonyl (C=O) groups excluding carboxylic acids is 1. The summed E-state index contributed by atoms with van der Waals surface area (Å²) < 4.78 is 5.42. The maximum Gasteiger partial charge on any atom is 0.150 e. The van der Waals surface area contributed by atoms with Gasteiger partial charge in [-0.15, -0.1) is 0 Å². The molecular weight excluding hydrogens is 164 g/mol. The van der Waals surface area contributed by atoms with Gasteiger partial charge in [0.15, 0.2) is 0 Å². The van der Waals surface area contributed by atoms with Crippen molar-refractivity contribution in [2.24, 2.45) is 0 Å². The van der Waals surface area contributed by atoms with Crippen LogP contribution in [-0.2, 0) is 10.3 Å². The third kappa shape index (κ3) is 1.38. The number of benzene rings is 1. The van der Waals surface area contributed by atoms with Crippen LogP contribution in [0.5, 0.6) is 0 Å². The van der Waals surface area contributed by atoms with Gasteiger partial charge in [0.2, 0.25) is 0 Å². The lowest BCUT2D eigenvalue weighted by Crippen LogP contribution is -2.08. The first-order valence-corrected chi connectivity index (χ1v) is 4.42. The van der Waals surface area contributed by atoms with E-state index in [9.17, 15) is 4.79 Å². The molecule has 0 radical (unpaired) electrons. The summed E-state index contributed by atoms with van der Waals surface area (Å²) in [7, 11) is 1.74. The highest BCUT2D eigenvalue weighted by molar-refractivity contribution is 5.74. The van der Waals surface area contributed by atoms with Crippen molar-refractivity contribution in [3.63, 3.8) is 0 Å². The number of hydrogen-bond donors (Lipinski definition) is 0. The Morgan fingerprint density at radius 3 is 2.31 bits per heavy atom. The molecule has 2 rings (SSSR count). The van der Waals surface area contributed by atoms with Gasteiger partial charge < -0.3 is 4.74 Å². The normalized spacial score (nSPS) is 18.2. The fraction of sp³-hybridized carbons (Fsp3) is 0.364. The van der Waals surface area contributed by atoms with Crippen LogP contribution in [0, 0.1) is 0 Å². The van der Waals surface area contributed by atoms with Crippen LogP contribution in [-0.4, -0.2) is 13.4 Å². The molecule has 13 heavy (non-hydrogen) atoms. The lowest BCUT2D eigenvalue weighted by molar-refractivity contribution is 0.0789. The minimum atomic E-state index is -0.0403. The monoisotopic (exact) mass is 176 g/mol. The molecule has 0 bridgehead atoms. The van der Waals surface area contributed by atoms with E-state index in [0.29, 0.717) is 0 Å². The topological polar surface area (TPSA) is 26.3 Å². The molecule has 0 amide bonds. The van der Waals surface area contributed by atoms with E-state index in [1.54, 1.807) is 7.11 Å². The molecular formula is C11H12O2. The van der Waals surface area contributed by atoms with Gasteiger partial charge in [0, 0.05) is 12.7 Å². The number of aldehydes is 1. The van der Waals surface area contributed by atoms with Gasteiger partial charge in [-0.2, -0.15) is 0 Å². The van der Waals surface area contributed by atoms with Crippen molar-refractivity contribution in [1.29, 1.82) is 0 Å². The van der Waals surface area contributed by atoms with Gasteiger partial charge in [0.1, 0.15) is 6.29 Å². The molecule has 1 aliphatic rings. The van der Waals surface area contributed by atoms with Crippen molar-refractivity contribution < 1.29 is 9.53 Å². The highest BCUT2D eigenvalue weighted by Gasteiger charge is 2.44. The molecule has 1 aliphatic carbocycles. The standard InChI is InChI=1S/C11H12O2/c1-13-11(6-7-11)10-4-2-9(8-12)3-5-10/h2-5,8H,6-7H2,1H3. The average Bonchev–Trinajstić information content (AvgIpc) is 2.99. The van der Waals surface area contributed by atoms with E-state index < -0.39 is 0 Å². The van der Waals surface area contributed by atoms with E-state index in [1.165, 1.54) is 5.56 Å². The second-order valence-electron chi connectivity index (χ2n) is 3.44. The zero-order valence-corrected chi connectivity index (χ0v) is 7.62. The first-order valence-electron chi connectivity index (χ1n) is 4.42. The van der Waals surface area contributed by atoms with E-state index in [0.717, 1.165) is 24.7 Å². The largest absolute Gasteiger partial charge is 0.374 e. The fourth-order valence-corrected chi connectivity index (χ4v) is 1.59. The van der Waals surface area contributed by atoms with E-state index in [2.05, 4.69) is 0 Å². The predicted molar refractivity (Wildman–Crippen MR) is 49.8 cm³/mol. The van der Waals surface area contributed by atoms with Crippen LogP contribution in [0.15, 0.2) is 24.3 Å². The SMILES string of the molecule is COC1(c2ccc(C=O)cc2)CC1. The number of hydrogen-bond acceptors (Lipinski definition) is 2. The number of methoxy groups -OCH3 is 1. The van der Waals surface area contributed by atoms with Crippen LogP contribution < -0.4 is 0 Å². The Labute approximate surface area is 77.5 Å². The van der Waals surface area contributed by atoms with Crippen molar-refractivity contribution in [3.05, 3.63) is 35.4 Å². The van der Waals surface area contributed by atoms with Crippen molar-refractivity contribution in [2.75, 3.05) is 7.11 Å². The Hall–Kier alpha value is -1.15. The minimum Gasteiger partial charge on any atom is -0.374 e. The van der Waals surface area contributed by atoms with Gasteiger partial charge in [0.05, 0.1) is 5.60 Å². The zero-order chi connectivity index (χ0) is 9.31. The highest BCUT2D eigenvalue weighted by Crippen LogP contribution is 2.48. The maximum atomic E-state index is 10.4. The molecule has 0 aliphatic heterocycles. The number of ether oxygens (including phenoxy) is 1. The molecule has 1 fully saturated rings. The summed E-state index contributed by atoms with van der Waals surface area (Å²) in [4.78, 5) is 10.4. The molecule has 0 atom stereocenters. The first-order chi connectivity index (χ1) is 6.30. The molecule has 2 heteroatoms. The average molecular weight is 176 g/mol. The van der Waals surface area contributed by atoms with Crippen molar-refractivity contribution in [2.45, 2.75) is 18.4 Å². The third-order valence-electron chi connectivity index (χ3n) is 2.67. The molecule has 0 unspecified atom stereocenters. The van der Waals surface area contributed by atoms with E-state index >= 15 is 0 Å². The summed E-state index contributed by atoms with van der Waals surface area (Å²) in [5.41, 5.74) is 1.86. The Balaban J connectivity index is 2.27. The highest BCUT2D eigenvalue weighted by atomic mass is 16.5. The molecule has 2 nitrogen and oxygen atoms in total. The van der Waals surface area contributed by atoms with E-state index in [-0.39, 0.29) is 5.60 Å². The van der Waals surface area contributed by atoms with Crippen LogP contribution >= 0.6 is 0 Å². The zero-order valence-electron chi connectivity index (χ0n) is 7.62. The molecule has 0 saturated heterocycles. The van der Waals surface area contributed by atoms with Crippen molar-refractivity contribution >= 4 is 6.29 Å². The van der Waals surface area contributed by atoms with Gasteiger partial charge in [-0.1, -0.05) is 24.3 Å². The molecule has 68 valence electrons. The predicted octanol–water partition coefficient (Wildman–Crippen LogP) is 2.13. The van der Waals surface area contributed by atoms with Crippen LogP contribution in [0.3, 0.4) is 0 Å². The molecule has 1 saturated carbocycles. The van der Waals surface area contributed by atoms with Crippen LogP contribution in [0.4, 0.5) is 0 Å². The molecule has 1 aromatic carbocycles. The van der Waals surface area contributed by atoms with Gasteiger partial charge >= 0.3 is 0 Å². The fourth-order valence-electron chi connectivity index (χ4n) is 1.59. The summed E-state index contributed by atoms with van der Waals surface area (Å²) >= 11 is 0. The Morgan fingerprint density at radius 1 is 1.31 bits per heavy atom. The minimum absolute atomic E-state index is 0.0403. The smallest absolute Gasteiger partial charge is 0.150 e. The van der Waals surface area contributed by atoms with Crippen molar-refractivity contribution in [1.82, 2.24) is 0 Å². The number of rotatable bonds is 3. The molecule has 0 spiro atoms. The summed E-state index contributed by atoms with van der Waals surface area (Å²) in [5.74, 6) is 0. The second kappa shape index (κ2) is 2.96. The molecule has 0 heterocycles. The van der Waals surface area contributed by atoms with Gasteiger partial charge in [-0.3, -0.25) is 4.79 Å². The summed E-state index contributed by atoms with van der Waals surface area (Å²) in [5, 5.41) is 0. The Morgan fingerprint density at radius 2 is 1.92 bits per heavy atom. The third-order valence-corrected chi connectivity index (χ3v) is 2.67. The summed E-state index contributed by atoms with van der Waals surface area (Å²) in [6.45, 7) is 0. The van der Waals surface area contributed by atoms with Crippen LogP contribution in [0.1, 0.15) is 28.8 Å². The lowest BCUT2D eigenvalue weighted by atomic mass is 10.1. The summed E-state index contributed by atoms with van der Waals surface area (Å²) in [6, 6.07) is 7.61. The molecule has 1 aromatic rings. The molecule has 0 aromatic heterocycles. The van der Waals surface area contributed by atoms with Gasteiger partial charge in [0.25, 0.3) is 0 Å². The van der Waals surface area contributed by atoms with Crippen LogP contribution in [0.25, 0.3) is 0 Å². The van der Waals surface area contributed by atoms with Gasteiger partial charge in [-0.25, -0.2) is 0 Å². The van der Waals surface area contributed by atoms with Crippen LogP contribution in [0.2, 0.25) is 0 Å². The number of carbonyl (C=O) groups is 1.